The first kappa shape index (κ1) is 75.6. The van der Waals surface area contributed by atoms with Crippen molar-refractivity contribution in [1.29, 1.82) is 0 Å². The molecule has 26 N–H and O–H groups in total. The average Bonchev–Trinajstić information content (AvgIpc) is 0.827. The summed E-state index contributed by atoms with van der Waals surface area (Å²) in [5.41, 5.74) is 0. The molecule has 8 fully saturated rings. The summed E-state index contributed by atoms with van der Waals surface area (Å²) in [5.74, 6) is -0.822. The zero-order chi connectivity index (χ0) is 67.6. The maximum atomic E-state index is 12.2. The number of carbonyl (C=O) groups is 1. The fourth-order valence-corrected chi connectivity index (χ4v) is 11.6. The molecule has 0 aromatic heterocycles. The minimum atomic E-state index is -2.42. The van der Waals surface area contributed by atoms with E-state index in [2.05, 4.69) is 5.32 Å². The molecule has 42 heteroatoms. The van der Waals surface area contributed by atoms with Crippen molar-refractivity contribution in [3.8, 4) is 0 Å². The molecule has 0 aromatic rings. The standard InChI is InChI=1S/C50H85NO41/c1-10(58)51-19-27(66)38(16(7-57)80-43(19)77)88-48-37(76)40(90-50-42(32(71)24(63)15(6-56)85-50)92-47-35(74)30(69)22(61)13(4-54)83-47)26(65)18(87-48)8-78-44-36(75)39(89-45-33(72)28(67)20(59)11(2-52)81-45)25(64)17(86-44)9-79-49-41(31(70)23(62)14(5-55)84-49)91-46-34(73)29(68)21(60)12(3-53)82-46/h11-50,52-57,59-77H,2-9H2,1H3,(H,51,58)/t11-,12+,13-,14+,15-,16-,17-,18+,19-,20-,21+,22-,23+,24-,25-,26+,27-,28+,29-,30+,31-,32+,33+,34-,35+,36+,37-,38-,39+,40-,41-,42+,43-,44+,45-,46+,47-,48-,49-,50-/m0/s1. The van der Waals surface area contributed by atoms with Gasteiger partial charge in [0.2, 0.25) is 5.91 Å². The van der Waals surface area contributed by atoms with E-state index < -0.39 is 304 Å². The lowest BCUT2D eigenvalue weighted by molar-refractivity contribution is -0.398. The van der Waals surface area contributed by atoms with Gasteiger partial charge in [0.25, 0.3) is 0 Å². The van der Waals surface area contributed by atoms with Gasteiger partial charge in [-0.2, -0.15) is 0 Å². The number of carbonyl (C=O) groups excluding carboxylic acids is 1. The minimum Gasteiger partial charge on any atom is -0.394 e. The minimum absolute atomic E-state index is 0.822. The van der Waals surface area contributed by atoms with E-state index in [0.717, 1.165) is 6.92 Å². The number of nitrogens with one attached hydrogen (secondary N) is 1. The van der Waals surface area contributed by atoms with Gasteiger partial charge in [0.15, 0.2) is 50.3 Å². The Morgan fingerprint density at radius 2 is 0.576 bits per heavy atom. The molecule has 0 saturated carbocycles. The largest absolute Gasteiger partial charge is 0.394 e. The van der Waals surface area contributed by atoms with E-state index >= 15 is 0 Å². The van der Waals surface area contributed by atoms with Crippen LogP contribution in [0.1, 0.15) is 6.92 Å². The van der Waals surface area contributed by atoms with Gasteiger partial charge in [-0.05, 0) is 0 Å². The second-order valence-corrected chi connectivity index (χ2v) is 23.2. The maximum absolute atomic E-state index is 12.2. The van der Waals surface area contributed by atoms with Crippen molar-refractivity contribution in [2.75, 3.05) is 52.9 Å². The van der Waals surface area contributed by atoms with Crippen LogP contribution in [0.4, 0.5) is 0 Å². The van der Waals surface area contributed by atoms with Gasteiger partial charge in [-0.25, -0.2) is 0 Å². The highest BCUT2D eigenvalue weighted by molar-refractivity contribution is 5.73. The van der Waals surface area contributed by atoms with E-state index in [-0.39, 0.29) is 0 Å². The van der Waals surface area contributed by atoms with Crippen LogP contribution in [0.25, 0.3) is 0 Å². The van der Waals surface area contributed by atoms with Crippen LogP contribution in [0, 0.1) is 0 Å². The molecule has 8 rings (SSSR count). The summed E-state index contributed by atoms with van der Waals surface area (Å²) in [5, 5.41) is 273. The third-order valence-electron chi connectivity index (χ3n) is 17.0. The molecular formula is C50H85NO41. The van der Waals surface area contributed by atoms with E-state index in [4.69, 9.17) is 71.1 Å². The third kappa shape index (κ3) is 16.0. The van der Waals surface area contributed by atoms with E-state index in [0.29, 0.717) is 0 Å². The van der Waals surface area contributed by atoms with Gasteiger partial charge in [-0.3, -0.25) is 4.79 Å². The van der Waals surface area contributed by atoms with Crippen molar-refractivity contribution in [3.63, 3.8) is 0 Å². The molecule has 0 bridgehead atoms. The Hall–Kier alpha value is -2.13. The van der Waals surface area contributed by atoms with Gasteiger partial charge in [0, 0.05) is 6.92 Å². The third-order valence-corrected chi connectivity index (χ3v) is 17.0. The van der Waals surface area contributed by atoms with Crippen LogP contribution in [0.2, 0.25) is 0 Å². The van der Waals surface area contributed by atoms with Gasteiger partial charge < -0.3 is 204 Å². The number of aliphatic hydroxyl groups is 25. The Kier molecular flexibility index (Phi) is 26.9. The van der Waals surface area contributed by atoms with Gasteiger partial charge in [-0.1, -0.05) is 0 Å². The highest BCUT2D eigenvalue weighted by atomic mass is 16.8. The molecule has 0 spiro atoms. The van der Waals surface area contributed by atoms with Crippen molar-refractivity contribution in [2.24, 2.45) is 0 Å². The van der Waals surface area contributed by atoms with Crippen molar-refractivity contribution >= 4 is 5.91 Å². The number of rotatable bonds is 23. The molecule has 8 heterocycles. The molecule has 8 aliphatic heterocycles. The van der Waals surface area contributed by atoms with Crippen LogP contribution >= 0.6 is 0 Å². The van der Waals surface area contributed by atoms with E-state index in [9.17, 15) is 132 Å². The van der Waals surface area contributed by atoms with Crippen LogP contribution in [-0.4, -0.2) is 432 Å². The highest BCUT2D eigenvalue weighted by Crippen LogP contribution is 2.38. The molecule has 0 unspecified atom stereocenters. The van der Waals surface area contributed by atoms with Crippen LogP contribution in [-0.2, 0) is 75.8 Å². The summed E-state index contributed by atoms with van der Waals surface area (Å²) in [4.78, 5) is 12.2. The monoisotopic (exact) mass is 1360 g/mol. The lowest BCUT2D eigenvalue weighted by atomic mass is 9.95. The number of ether oxygens (including phenoxy) is 15. The zero-order valence-electron chi connectivity index (χ0n) is 48.5. The second kappa shape index (κ2) is 32.7. The number of hydrogen-bond acceptors (Lipinski definition) is 41. The molecule has 0 aliphatic carbocycles. The summed E-state index contributed by atoms with van der Waals surface area (Å²) in [6.07, 6.45) is -80.3. The first-order valence-corrected chi connectivity index (χ1v) is 29.2. The fourth-order valence-electron chi connectivity index (χ4n) is 11.6. The van der Waals surface area contributed by atoms with E-state index in [1.807, 2.05) is 0 Å². The molecule has 40 atom stereocenters. The average molecular weight is 1360 g/mol. The Balaban J connectivity index is 1.11. The molecular weight excluding hydrogens is 1270 g/mol. The summed E-state index contributed by atoms with van der Waals surface area (Å²) >= 11 is 0. The van der Waals surface area contributed by atoms with Gasteiger partial charge in [0.1, 0.15) is 195 Å². The SMILES string of the molecule is CC(=O)N[C@H]1[C@H](O)[C@@H](O[C@@H]2O[C@H](CO[C@@H]3O[C@@H](CO[C@H]4O[C@H](CO)[C@@H](O)[C@H](O)[C@@H]4O[C@H]4O[C@H](CO)[C@@H](O)[C@H](O)[C@@H]4O)[C@H](O)[C@@H](O[C@@H]4O[C@@H](CO)[C@H](O)[C@@H](O)[C@H]4O)[C@H]3O)[C@@H](O)[C@H](O[C@@H]3O[C@@H](CO)[C@H](O)[C@@H](O)[C@H]3O[C@@H]3O[C@@H](CO)[C@H](O)[C@@H](O)[C@H]3O)[C@@H]2O)[C@H](CO)O[C@@H]1O. The van der Waals surface area contributed by atoms with E-state index in [1.165, 1.54) is 0 Å². The Morgan fingerprint density at radius 3 is 0.978 bits per heavy atom. The summed E-state index contributed by atoms with van der Waals surface area (Å²) in [6, 6.07) is -1.72. The van der Waals surface area contributed by atoms with Crippen LogP contribution < -0.4 is 5.32 Å². The van der Waals surface area contributed by atoms with Crippen LogP contribution in [0.15, 0.2) is 0 Å². The smallest absolute Gasteiger partial charge is 0.217 e. The summed E-state index contributed by atoms with van der Waals surface area (Å²) in [7, 11) is 0. The number of amides is 1. The molecule has 0 aromatic carbocycles. The van der Waals surface area contributed by atoms with Crippen molar-refractivity contribution in [3.05, 3.63) is 0 Å². The summed E-state index contributed by atoms with van der Waals surface area (Å²) < 4.78 is 86.1. The summed E-state index contributed by atoms with van der Waals surface area (Å²) in [6.45, 7) is -7.29. The van der Waals surface area contributed by atoms with Crippen molar-refractivity contribution in [2.45, 2.75) is 253 Å². The first-order chi connectivity index (χ1) is 43.5. The van der Waals surface area contributed by atoms with Crippen molar-refractivity contribution < 1.29 is 204 Å². The van der Waals surface area contributed by atoms with Crippen molar-refractivity contribution in [1.82, 2.24) is 5.32 Å². The zero-order valence-corrected chi connectivity index (χ0v) is 48.5. The Labute approximate surface area is 519 Å². The fraction of sp³-hybridized carbons (Fsp3) is 0.980. The second-order valence-electron chi connectivity index (χ2n) is 23.2. The quantitative estimate of drug-likeness (QED) is 0.0452. The van der Waals surface area contributed by atoms with Gasteiger partial charge in [0.05, 0.1) is 52.9 Å². The lowest BCUT2D eigenvalue weighted by Gasteiger charge is -2.50. The predicted molar refractivity (Wildman–Crippen MR) is 276 cm³/mol. The van der Waals surface area contributed by atoms with Gasteiger partial charge >= 0.3 is 0 Å². The predicted octanol–water partition coefficient (Wildman–Crippen LogP) is -18.3. The molecule has 536 valence electrons. The molecule has 8 saturated heterocycles. The van der Waals surface area contributed by atoms with Crippen LogP contribution in [0.5, 0.6) is 0 Å². The van der Waals surface area contributed by atoms with Gasteiger partial charge in [-0.15, -0.1) is 0 Å². The number of aliphatic hydroxyl groups excluding tert-OH is 25. The van der Waals surface area contributed by atoms with Crippen LogP contribution in [0.3, 0.4) is 0 Å². The molecule has 92 heavy (non-hydrogen) atoms. The Bertz CT molecular complexity index is 2260. The van der Waals surface area contributed by atoms with E-state index in [1.54, 1.807) is 0 Å². The molecule has 1 amide bonds. The topological polar surface area (TPSA) is 673 Å². The maximum Gasteiger partial charge on any atom is 0.217 e. The highest BCUT2D eigenvalue weighted by Gasteiger charge is 2.59. The normalized spacial score (nSPS) is 52.2. The molecule has 42 nitrogen and oxygen atoms in total. The molecule has 0 radical (unpaired) electrons. The Morgan fingerprint density at radius 1 is 0.283 bits per heavy atom. The molecule has 8 aliphatic rings. The first-order valence-electron chi connectivity index (χ1n) is 29.2. The number of hydrogen-bond donors (Lipinski definition) is 26. The lowest BCUT2D eigenvalue weighted by Crippen LogP contribution is -2.69.